The molecule has 0 spiro atoms. The van der Waals surface area contributed by atoms with E-state index in [-0.39, 0.29) is 5.41 Å². The fraction of sp³-hybridized carbons (Fsp3) is 0.857. The maximum atomic E-state index is 5.82. The van der Waals surface area contributed by atoms with Gasteiger partial charge in [-0.3, -0.25) is 4.68 Å². The first-order chi connectivity index (χ1) is 9.19. The molecular weight excluding hydrogens is 242 g/mol. The molecule has 0 radical (unpaired) electrons. The summed E-state index contributed by atoms with van der Waals surface area (Å²) in [5, 5.41) is 8.12. The first-order valence-electron chi connectivity index (χ1n) is 7.15. The highest BCUT2D eigenvalue weighted by Gasteiger charge is 2.26. The first-order valence-corrected chi connectivity index (χ1v) is 7.15. The van der Waals surface area contributed by atoms with Crippen LogP contribution in [0.5, 0.6) is 0 Å². The molecule has 0 aromatic carbocycles. The third-order valence-electron chi connectivity index (χ3n) is 3.77. The molecular formula is C14H27N3O2. The van der Waals surface area contributed by atoms with Crippen molar-refractivity contribution in [3.8, 4) is 0 Å². The second-order valence-electron chi connectivity index (χ2n) is 5.01. The number of nitrogens with zero attached hydrogens (tertiary/aromatic N) is 3. The minimum Gasteiger partial charge on any atom is -0.384 e. The van der Waals surface area contributed by atoms with Gasteiger partial charge in [0.1, 0.15) is 0 Å². The van der Waals surface area contributed by atoms with Gasteiger partial charge in [0.05, 0.1) is 25.5 Å². The second-order valence-corrected chi connectivity index (χ2v) is 5.01. The Morgan fingerprint density at radius 3 is 2.47 bits per heavy atom. The molecule has 1 aromatic rings. The van der Waals surface area contributed by atoms with Gasteiger partial charge in [-0.1, -0.05) is 19.1 Å². The molecule has 1 heterocycles. The van der Waals surface area contributed by atoms with E-state index in [4.69, 9.17) is 9.47 Å². The van der Waals surface area contributed by atoms with E-state index < -0.39 is 0 Å². The summed E-state index contributed by atoms with van der Waals surface area (Å²) in [6.45, 7) is 9.49. The van der Waals surface area contributed by atoms with Crippen molar-refractivity contribution < 1.29 is 9.47 Å². The summed E-state index contributed by atoms with van der Waals surface area (Å²) in [6, 6.07) is 0. The Kier molecular flexibility index (Phi) is 7.02. The van der Waals surface area contributed by atoms with Gasteiger partial charge in [0.15, 0.2) is 0 Å². The Balaban J connectivity index is 2.32. The van der Waals surface area contributed by atoms with Crippen LogP contribution in [-0.4, -0.2) is 41.9 Å². The highest BCUT2D eigenvalue weighted by molar-refractivity contribution is 4.92. The van der Waals surface area contributed by atoms with Crippen LogP contribution in [0, 0.1) is 5.41 Å². The maximum absolute atomic E-state index is 5.82. The van der Waals surface area contributed by atoms with Gasteiger partial charge in [0.2, 0.25) is 0 Å². The zero-order chi connectivity index (χ0) is 14.1. The van der Waals surface area contributed by atoms with Gasteiger partial charge < -0.3 is 9.47 Å². The Morgan fingerprint density at radius 2 is 1.95 bits per heavy atom. The molecule has 1 aromatic heterocycles. The molecule has 0 amide bonds. The number of aryl methyl sites for hydroxylation is 1. The summed E-state index contributed by atoms with van der Waals surface area (Å²) in [6.07, 6.45) is 4.94. The average Bonchev–Trinajstić information content (AvgIpc) is 2.90. The standard InChI is InChI=1S/C14H27N3O2/c1-5-14(6-2,11-18-4)12-19-9-8-13-10-17(7-3)16-15-13/h10H,5-9,11-12H2,1-4H3. The molecule has 0 aliphatic carbocycles. The third kappa shape index (κ3) is 4.91. The number of aromatic nitrogens is 3. The zero-order valence-corrected chi connectivity index (χ0v) is 12.7. The zero-order valence-electron chi connectivity index (χ0n) is 12.7. The van der Waals surface area contributed by atoms with Crippen molar-refractivity contribution in [2.75, 3.05) is 26.9 Å². The highest BCUT2D eigenvalue weighted by atomic mass is 16.5. The van der Waals surface area contributed by atoms with Crippen molar-refractivity contribution in [2.24, 2.45) is 5.41 Å². The van der Waals surface area contributed by atoms with Gasteiger partial charge in [-0.25, -0.2) is 0 Å². The van der Waals surface area contributed by atoms with Gasteiger partial charge in [-0.2, -0.15) is 0 Å². The predicted octanol–water partition coefficient (Wildman–Crippen LogP) is 2.31. The van der Waals surface area contributed by atoms with Crippen molar-refractivity contribution in [1.82, 2.24) is 15.0 Å². The summed E-state index contributed by atoms with van der Waals surface area (Å²) in [5.41, 5.74) is 1.14. The van der Waals surface area contributed by atoms with Gasteiger partial charge >= 0.3 is 0 Å². The van der Waals surface area contributed by atoms with Crippen LogP contribution in [0.25, 0.3) is 0 Å². The Morgan fingerprint density at radius 1 is 1.21 bits per heavy atom. The third-order valence-corrected chi connectivity index (χ3v) is 3.77. The van der Waals surface area contributed by atoms with E-state index in [0.29, 0.717) is 6.61 Å². The minimum absolute atomic E-state index is 0.149. The largest absolute Gasteiger partial charge is 0.384 e. The van der Waals surface area contributed by atoms with Crippen LogP contribution >= 0.6 is 0 Å². The number of hydrogen-bond acceptors (Lipinski definition) is 4. The van der Waals surface area contributed by atoms with Crippen LogP contribution in [0.15, 0.2) is 6.20 Å². The van der Waals surface area contributed by atoms with Crippen molar-refractivity contribution in [1.29, 1.82) is 0 Å². The number of methoxy groups -OCH3 is 1. The van der Waals surface area contributed by atoms with Crippen molar-refractivity contribution in [3.63, 3.8) is 0 Å². The molecule has 0 aliphatic rings. The van der Waals surface area contributed by atoms with E-state index >= 15 is 0 Å². The molecule has 0 unspecified atom stereocenters. The normalized spacial score (nSPS) is 12.0. The number of ether oxygens (including phenoxy) is 2. The highest BCUT2D eigenvalue weighted by Crippen LogP contribution is 2.27. The lowest BCUT2D eigenvalue weighted by Crippen LogP contribution is -2.31. The van der Waals surface area contributed by atoms with Crippen LogP contribution in [0.3, 0.4) is 0 Å². The maximum Gasteiger partial charge on any atom is 0.0850 e. The van der Waals surface area contributed by atoms with Gasteiger partial charge in [0, 0.05) is 31.7 Å². The second kappa shape index (κ2) is 8.27. The van der Waals surface area contributed by atoms with Crippen LogP contribution in [-0.2, 0) is 22.4 Å². The van der Waals surface area contributed by atoms with Crippen LogP contribution < -0.4 is 0 Å². The Bertz CT molecular complexity index is 348. The molecule has 0 saturated heterocycles. The molecule has 0 atom stereocenters. The smallest absolute Gasteiger partial charge is 0.0850 e. The molecule has 0 saturated carbocycles. The van der Waals surface area contributed by atoms with Crippen molar-refractivity contribution in [3.05, 3.63) is 11.9 Å². The summed E-state index contributed by atoms with van der Waals surface area (Å²) < 4.78 is 13.0. The van der Waals surface area contributed by atoms with Gasteiger partial charge in [-0.15, -0.1) is 5.10 Å². The Hall–Kier alpha value is -0.940. The molecule has 0 bridgehead atoms. The number of rotatable bonds is 10. The van der Waals surface area contributed by atoms with E-state index in [0.717, 1.165) is 44.7 Å². The molecule has 19 heavy (non-hydrogen) atoms. The van der Waals surface area contributed by atoms with Crippen molar-refractivity contribution in [2.45, 2.75) is 46.6 Å². The van der Waals surface area contributed by atoms with Crippen LogP contribution in [0.4, 0.5) is 0 Å². The van der Waals surface area contributed by atoms with Gasteiger partial charge in [-0.05, 0) is 19.8 Å². The van der Waals surface area contributed by atoms with E-state index in [1.165, 1.54) is 0 Å². The molecule has 5 nitrogen and oxygen atoms in total. The summed E-state index contributed by atoms with van der Waals surface area (Å²) in [7, 11) is 1.75. The average molecular weight is 269 g/mol. The Labute approximate surface area is 116 Å². The molecule has 0 N–H and O–H groups in total. The lowest BCUT2D eigenvalue weighted by atomic mass is 9.84. The van der Waals surface area contributed by atoms with Crippen LogP contribution in [0.1, 0.15) is 39.3 Å². The van der Waals surface area contributed by atoms with E-state index in [9.17, 15) is 0 Å². The number of hydrogen-bond donors (Lipinski definition) is 0. The van der Waals surface area contributed by atoms with E-state index in [1.807, 2.05) is 10.9 Å². The monoisotopic (exact) mass is 269 g/mol. The SMILES string of the molecule is CCn1cc(CCOCC(CC)(CC)COC)nn1. The quantitative estimate of drug-likeness (QED) is 0.612. The first kappa shape index (κ1) is 16.1. The van der Waals surface area contributed by atoms with Crippen LogP contribution in [0.2, 0.25) is 0 Å². The lowest BCUT2D eigenvalue weighted by molar-refractivity contribution is -0.0124. The molecule has 0 aliphatic heterocycles. The summed E-state index contributed by atoms with van der Waals surface area (Å²) >= 11 is 0. The molecule has 0 fully saturated rings. The molecule has 110 valence electrons. The lowest BCUT2D eigenvalue weighted by Gasteiger charge is -2.30. The predicted molar refractivity (Wildman–Crippen MR) is 75.1 cm³/mol. The topological polar surface area (TPSA) is 49.2 Å². The minimum atomic E-state index is 0.149. The fourth-order valence-electron chi connectivity index (χ4n) is 2.08. The fourth-order valence-corrected chi connectivity index (χ4v) is 2.08. The summed E-state index contributed by atoms with van der Waals surface area (Å²) in [4.78, 5) is 0. The van der Waals surface area contributed by atoms with Crippen molar-refractivity contribution >= 4 is 0 Å². The van der Waals surface area contributed by atoms with E-state index in [2.05, 4.69) is 31.1 Å². The summed E-state index contributed by atoms with van der Waals surface area (Å²) in [5.74, 6) is 0. The van der Waals surface area contributed by atoms with Gasteiger partial charge in [0.25, 0.3) is 0 Å². The van der Waals surface area contributed by atoms with E-state index in [1.54, 1.807) is 7.11 Å². The molecule has 5 heteroatoms. The molecule has 1 rings (SSSR count).